The van der Waals surface area contributed by atoms with Crippen LogP contribution in [0, 0.1) is 0 Å². The first kappa shape index (κ1) is 14.8. The number of rotatable bonds is 4. The number of hydrogen-bond donors (Lipinski definition) is 1. The number of nitrogens with zero attached hydrogens (tertiary/aromatic N) is 1. The summed E-state index contributed by atoms with van der Waals surface area (Å²) in [4.78, 5) is 14.5. The van der Waals surface area contributed by atoms with E-state index in [9.17, 15) is 4.79 Å². The van der Waals surface area contributed by atoms with E-state index in [4.69, 9.17) is 4.74 Å². The Kier molecular flexibility index (Phi) is 4.85. The SMILES string of the molecule is CNC1(C(=O)OC)CCC(N(C)C2CCCCC2)C1. The maximum Gasteiger partial charge on any atom is 0.326 e. The van der Waals surface area contributed by atoms with Gasteiger partial charge in [0.2, 0.25) is 0 Å². The van der Waals surface area contributed by atoms with Gasteiger partial charge in [0, 0.05) is 12.1 Å². The van der Waals surface area contributed by atoms with Gasteiger partial charge in [-0.05, 0) is 46.2 Å². The van der Waals surface area contributed by atoms with E-state index in [1.54, 1.807) is 0 Å². The van der Waals surface area contributed by atoms with Crippen molar-refractivity contribution in [3.63, 3.8) is 0 Å². The van der Waals surface area contributed by atoms with E-state index in [0.717, 1.165) is 19.3 Å². The minimum atomic E-state index is -0.456. The summed E-state index contributed by atoms with van der Waals surface area (Å²) >= 11 is 0. The van der Waals surface area contributed by atoms with Gasteiger partial charge in [0.1, 0.15) is 5.54 Å². The van der Waals surface area contributed by atoms with Crippen LogP contribution in [0.25, 0.3) is 0 Å². The second-order valence-electron chi connectivity index (χ2n) is 6.18. The van der Waals surface area contributed by atoms with Crippen LogP contribution in [0.15, 0.2) is 0 Å². The zero-order valence-corrected chi connectivity index (χ0v) is 12.6. The van der Waals surface area contributed by atoms with Gasteiger partial charge >= 0.3 is 5.97 Å². The molecule has 4 heteroatoms. The largest absolute Gasteiger partial charge is 0.468 e. The van der Waals surface area contributed by atoms with E-state index in [1.165, 1.54) is 39.2 Å². The maximum atomic E-state index is 12.0. The van der Waals surface area contributed by atoms with Gasteiger partial charge in [-0.2, -0.15) is 0 Å². The van der Waals surface area contributed by atoms with Crippen molar-refractivity contribution in [1.82, 2.24) is 10.2 Å². The predicted molar refractivity (Wildman–Crippen MR) is 76.1 cm³/mol. The van der Waals surface area contributed by atoms with Gasteiger partial charge in [-0.3, -0.25) is 4.79 Å². The lowest BCUT2D eigenvalue weighted by Gasteiger charge is -2.36. The summed E-state index contributed by atoms with van der Waals surface area (Å²) < 4.78 is 4.98. The highest BCUT2D eigenvalue weighted by atomic mass is 16.5. The monoisotopic (exact) mass is 268 g/mol. The zero-order valence-electron chi connectivity index (χ0n) is 12.6. The van der Waals surface area contributed by atoms with Crippen molar-refractivity contribution in [1.29, 1.82) is 0 Å². The van der Waals surface area contributed by atoms with E-state index in [-0.39, 0.29) is 5.97 Å². The third-order valence-corrected chi connectivity index (χ3v) is 5.27. The number of hydrogen-bond acceptors (Lipinski definition) is 4. The van der Waals surface area contributed by atoms with Crippen molar-refractivity contribution < 1.29 is 9.53 Å². The molecule has 0 aromatic heterocycles. The minimum Gasteiger partial charge on any atom is -0.468 e. The van der Waals surface area contributed by atoms with Crippen molar-refractivity contribution in [2.24, 2.45) is 0 Å². The van der Waals surface area contributed by atoms with Crippen LogP contribution in [0.2, 0.25) is 0 Å². The van der Waals surface area contributed by atoms with E-state index in [2.05, 4.69) is 17.3 Å². The van der Waals surface area contributed by atoms with Crippen LogP contribution in [0.3, 0.4) is 0 Å². The van der Waals surface area contributed by atoms with Gasteiger partial charge < -0.3 is 15.0 Å². The lowest BCUT2D eigenvalue weighted by atomic mass is 9.92. The Hall–Kier alpha value is -0.610. The van der Waals surface area contributed by atoms with Crippen molar-refractivity contribution >= 4 is 5.97 Å². The molecule has 0 spiro atoms. The van der Waals surface area contributed by atoms with Gasteiger partial charge in [0.25, 0.3) is 0 Å². The van der Waals surface area contributed by atoms with Gasteiger partial charge in [0.05, 0.1) is 7.11 Å². The summed E-state index contributed by atoms with van der Waals surface area (Å²) in [5.74, 6) is -0.102. The van der Waals surface area contributed by atoms with Gasteiger partial charge in [-0.25, -0.2) is 0 Å². The Morgan fingerprint density at radius 1 is 1.21 bits per heavy atom. The molecule has 0 aromatic rings. The molecule has 19 heavy (non-hydrogen) atoms. The van der Waals surface area contributed by atoms with Crippen LogP contribution in [-0.4, -0.2) is 49.7 Å². The second-order valence-corrected chi connectivity index (χ2v) is 6.18. The molecule has 0 heterocycles. The van der Waals surface area contributed by atoms with Crippen molar-refractivity contribution in [3.8, 4) is 0 Å². The van der Waals surface area contributed by atoms with Crippen molar-refractivity contribution in [3.05, 3.63) is 0 Å². The maximum absolute atomic E-state index is 12.0. The number of ether oxygens (including phenoxy) is 1. The smallest absolute Gasteiger partial charge is 0.326 e. The highest BCUT2D eigenvalue weighted by Gasteiger charge is 2.46. The first-order valence-corrected chi connectivity index (χ1v) is 7.62. The summed E-state index contributed by atoms with van der Waals surface area (Å²) in [7, 11) is 5.60. The molecule has 0 aromatic carbocycles. The first-order chi connectivity index (χ1) is 9.13. The molecule has 0 saturated heterocycles. The molecule has 0 aliphatic heterocycles. The van der Waals surface area contributed by atoms with Gasteiger partial charge in [-0.1, -0.05) is 19.3 Å². The van der Waals surface area contributed by atoms with E-state index >= 15 is 0 Å². The Bertz CT molecular complexity index is 315. The summed E-state index contributed by atoms with van der Waals surface area (Å²) in [6.07, 6.45) is 9.59. The highest BCUT2D eigenvalue weighted by Crippen LogP contribution is 2.36. The molecule has 2 rings (SSSR count). The summed E-state index contributed by atoms with van der Waals surface area (Å²) in [6.45, 7) is 0. The topological polar surface area (TPSA) is 41.6 Å². The number of nitrogens with one attached hydrogen (secondary N) is 1. The van der Waals surface area contributed by atoms with Crippen LogP contribution in [0.5, 0.6) is 0 Å². The molecule has 2 aliphatic carbocycles. The Morgan fingerprint density at radius 2 is 1.89 bits per heavy atom. The number of methoxy groups -OCH3 is 1. The Labute approximate surface area is 116 Å². The van der Waals surface area contributed by atoms with Crippen LogP contribution < -0.4 is 5.32 Å². The molecule has 2 atom stereocenters. The standard InChI is InChI=1S/C15H28N2O2/c1-16-15(14(18)19-3)10-9-13(11-15)17(2)12-7-5-4-6-8-12/h12-13,16H,4-11H2,1-3H3. The Balaban J connectivity index is 1.98. The first-order valence-electron chi connectivity index (χ1n) is 7.62. The third kappa shape index (κ3) is 2.95. The molecular formula is C15H28N2O2. The zero-order chi connectivity index (χ0) is 13.9. The number of carbonyl (C=O) groups is 1. The van der Waals surface area contributed by atoms with E-state index in [0.29, 0.717) is 12.1 Å². The molecule has 4 nitrogen and oxygen atoms in total. The van der Waals surface area contributed by atoms with Crippen LogP contribution in [0.4, 0.5) is 0 Å². The normalized spacial score (nSPS) is 32.7. The van der Waals surface area contributed by atoms with Crippen molar-refractivity contribution in [2.75, 3.05) is 21.2 Å². The molecule has 2 fully saturated rings. The van der Waals surface area contributed by atoms with Crippen LogP contribution in [-0.2, 0) is 9.53 Å². The van der Waals surface area contributed by atoms with Crippen LogP contribution >= 0.6 is 0 Å². The molecule has 2 saturated carbocycles. The lowest BCUT2D eigenvalue weighted by molar-refractivity contribution is -0.148. The van der Waals surface area contributed by atoms with E-state index in [1.807, 2.05) is 7.05 Å². The number of likely N-dealkylation sites (N-methyl/N-ethyl adjacent to an activating group) is 1. The number of esters is 1. The average molecular weight is 268 g/mol. The molecule has 0 radical (unpaired) electrons. The number of carbonyl (C=O) groups excluding carboxylic acids is 1. The van der Waals surface area contributed by atoms with Crippen molar-refractivity contribution in [2.45, 2.75) is 69.0 Å². The fraction of sp³-hybridized carbons (Fsp3) is 0.933. The molecule has 0 amide bonds. The molecule has 2 unspecified atom stereocenters. The predicted octanol–water partition coefficient (Wildman–Crippen LogP) is 1.93. The van der Waals surface area contributed by atoms with Gasteiger partial charge in [0.15, 0.2) is 0 Å². The minimum absolute atomic E-state index is 0.102. The molecular weight excluding hydrogens is 240 g/mol. The third-order valence-electron chi connectivity index (χ3n) is 5.27. The summed E-state index contributed by atoms with van der Waals surface area (Å²) in [5, 5.41) is 3.21. The molecule has 2 aliphatic rings. The fourth-order valence-corrected chi connectivity index (χ4v) is 3.86. The summed E-state index contributed by atoms with van der Waals surface area (Å²) in [6, 6.07) is 1.22. The quantitative estimate of drug-likeness (QED) is 0.791. The lowest BCUT2D eigenvalue weighted by Crippen LogP contribution is -2.50. The molecule has 0 bridgehead atoms. The average Bonchev–Trinajstić information content (AvgIpc) is 2.92. The highest BCUT2D eigenvalue weighted by molar-refractivity contribution is 5.81. The van der Waals surface area contributed by atoms with Gasteiger partial charge in [-0.15, -0.1) is 0 Å². The molecule has 110 valence electrons. The summed E-state index contributed by atoms with van der Waals surface area (Å²) in [5.41, 5.74) is -0.456. The van der Waals surface area contributed by atoms with Crippen LogP contribution in [0.1, 0.15) is 51.4 Å². The Morgan fingerprint density at radius 3 is 2.47 bits per heavy atom. The fourth-order valence-electron chi connectivity index (χ4n) is 3.86. The molecule has 1 N–H and O–H groups in total. The second kappa shape index (κ2) is 6.23. The van der Waals surface area contributed by atoms with E-state index < -0.39 is 5.54 Å².